The first-order chi connectivity index (χ1) is 8.99. The summed E-state index contributed by atoms with van der Waals surface area (Å²) in [6.45, 7) is 7.41. The summed E-state index contributed by atoms with van der Waals surface area (Å²) < 4.78 is 5.03. The van der Waals surface area contributed by atoms with E-state index in [0.717, 1.165) is 5.56 Å². The van der Waals surface area contributed by atoms with Crippen molar-refractivity contribution in [3.05, 3.63) is 30.1 Å². The van der Waals surface area contributed by atoms with Crippen LogP contribution in [0.3, 0.4) is 0 Å². The lowest BCUT2D eigenvalue weighted by Gasteiger charge is -2.26. The Morgan fingerprint density at radius 3 is 2.32 bits per heavy atom. The number of ketones is 1. The highest BCUT2D eigenvalue weighted by Crippen LogP contribution is 2.31. The molecule has 0 radical (unpaired) electrons. The quantitative estimate of drug-likeness (QED) is 0.740. The minimum absolute atomic E-state index is 0.0508. The molecule has 4 nitrogen and oxygen atoms in total. The molecule has 3 unspecified atom stereocenters. The molecule has 0 saturated heterocycles. The first-order valence-corrected chi connectivity index (χ1v) is 6.56. The van der Waals surface area contributed by atoms with Crippen molar-refractivity contribution in [3.8, 4) is 0 Å². The summed E-state index contributed by atoms with van der Waals surface area (Å²) in [6.07, 6.45) is 3.32. The fourth-order valence-electron chi connectivity index (χ4n) is 2.26. The second kappa shape index (κ2) is 7.02. The van der Waals surface area contributed by atoms with Gasteiger partial charge in [-0.3, -0.25) is 14.6 Å². The number of aromatic nitrogens is 1. The Kier molecular flexibility index (Phi) is 5.67. The third-order valence-electron chi connectivity index (χ3n) is 3.48. The predicted octanol–water partition coefficient (Wildman–Crippen LogP) is 2.59. The van der Waals surface area contributed by atoms with Crippen molar-refractivity contribution < 1.29 is 14.3 Å². The minimum Gasteiger partial charge on any atom is -0.466 e. The van der Waals surface area contributed by atoms with Crippen LogP contribution in [0.25, 0.3) is 0 Å². The Labute approximate surface area is 114 Å². The van der Waals surface area contributed by atoms with Crippen LogP contribution < -0.4 is 0 Å². The molecule has 1 aromatic rings. The van der Waals surface area contributed by atoms with Gasteiger partial charge in [-0.25, -0.2) is 0 Å². The zero-order valence-electron chi connectivity index (χ0n) is 11.9. The molecule has 0 fully saturated rings. The molecule has 0 aliphatic carbocycles. The SMILES string of the molecule is CCOC(=O)C(C)C(C)C(C(C)=O)c1ccncc1. The van der Waals surface area contributed by atoms with Gasteiger partial charge in [0.1, 0.15) is 5.78 Å². The van der Waals surface area contributed by atoms with Crippen LogP contribution in [0.1, 0.15) is 39.2 Å². The normalized spacial score (nSPS) is 15.4. The zero-order valence-corrected chi connectivity index (χ0v) is 11.9. The molecule has 3 atom stereocenters. The van der Waals surface area contributed by atoms with E-state index in [4.69, 9.17) is 4.74 Å². The van der Waals surface area contributed by atoms with E-state index in [0.29, 0.717) is 6.61 Å². The molecule has 0 aromatic carbocycles. The van der Waals surface area contributed by atoms with E-state index in [-0.39, 0.29) is 29.5 Å². The molecule has 0 aliphatic heterocycles. The van der Waals surface area contributed by atoms with Crippen LogP contribution in [0, 0.1) is 11.8 Å². The Balaban J connectivity index is 2.94. The average molecular weight is 263 g/mol. The van der Waals surface area contributed by atoms with E-state index in [2.05, 4.69) is 4.98 Å². The smallest absolute Gasteiger partial charge is 0.308 e. The molecule has 0 amide bonds. The molecule has 1 aromatic heterocycles. The maximum absolute atomic E-state index is 11.9. The summed E-state index contributed by atoms with van der Waals surface area (Å²) in [6, 6.07) is 3.64. The van der Waals surface area contributed by atoms with Gasteiger partial charge in [0.2, 0.25) is 0 Å². The summed E-state index contributed by atoms with van der Waals surface area (Å²) in [5.74, 6) is -0.937. The molecule has 1 rings (SSSR count). The van der Waals surface area contributed by atoms with Crippen LogP contribution in [-0.4, -0.2) is 23.3 Å². The van der Waals surface area contributed by atoms with Crippen molar-refractivity contribution in [1.29, 1.82) is 0 Å². The van der Waals surface area contributed by atoms with Crippen molar-refractivity contribution >= 4 is 11.8 Å². The highest BCUT2D eigenvalue weighted by atomic mass is 16.5. The number of carbonyl (C=O) groups excluding carboxylic acids is 2. The number of nitrogens with zero attached hydrogens (tertiary/aromatic N) is 1. The monoisotopic (exact) mass is 263 g/mol. The van der Waals surface area contributed by atoms with Crippen molar-refractivity contribution in [1.82, 2.24) is 4.98 Å². The van der Waals surface area contributed by atoms with Gasteiger partial charge < -0.3 is 4.74 Å². The second-order valence-electron chi connectivity index (χ2n) is 4.77. The van der Waals surface area contributed by atoms with Crippen molar-refractivity contribution in [2.24, 2.45) is 11.8 Å². The standard InChI is InChI=1S/C15H21NO3/c1-5-19-15(18)11(3)10(2)14(12(4)17)13-6-8-16-9-7-13/h6-11,14H,5H2,1-4H3. The highest BCUT2D eigenvalue weighted by Gasteiger charge is 2.32. The average Bonchev–Trinajstić information content (AvgIpc) is 2.39. The summed E-state index contributed by atoms with van der Waals surface area (Å²) >= 11 is 0. The maximum atomic E-state index is 11.9. The molecule has 19 heavy (non-hydrogen) atoms. The number of carbonyl (C=O) groups is 2. The summed E-state index contributed by atoms with van der Waals surface area (Å²) in [5.41, 5.74) is 0.895. The van der Waals surface area contributed by atoms with E-state index in [1.54, 1.807) is 33.2 Å². The first-order valence-electron chi connectivity index (χ1n) is 6.56. The number of Topliss-reactive ketones (excluding diaryl/α,β-unsaturated/α-hetero) is 1. The lowest BCUT2D eigenvalue weighted by Crippen LogP contribution is -2.29. The van der Waals surface area contributed by atoms with Gasteiger partial charge in [0.25, 0.3) is 0 Å². The molecule has 0 saturated carbocycles. The van der Waals surface area contributed by atoms with Gasteiger partial charge >= 0.3 is 5.97 Å². The van der Waals surface area contributed by atoms with Crippen LogP contribution in [0.5, 0.6) is 0 Å². The van der Waals surface area contributed by atoms with Crippen LogP contribution in [0.4, 0.5) is 0 Å². The van der Waals surface area contributed by atoms with E-state index in [9.17, 15) is 9.59 Å². The largest absolute Gasteiger partial charge is 0.466 e. The summed E-state index contributed by atoms with van der Waals surface area (Å²) in [4.78, 5) is 27.6. The minimum atomic E-state index is -0.318. The van der Waals surface area contributed by atoms with Crippen LogP contribution in [-0.2, 0) is 14.3 Å². The Morgan fingerprint density at radius 1 is 1.26 bits per heavy atom. The fourth-order valence-corrected chi connectivity index (χ4v) is 2.26. The number of hydrogen-bond acceptors (Lipinski definition) is 4. The van der Waals surface area contributed by atoms with Crippen LogP contribution in [0.2, 0.25) is 0 Å². The maximum Gasteiger partial charge on any atom is 0.308 e. The topological polar surface area (TPSA) is 56.3 Å². The molecule has 1 heterocycles. The van der Waals surface area contributed by atoms with Crippen molar-refractivity contribution in [2.45, 2.75) is 33.6 Å². The van der Waals surface area contributed by atoms with E-state index >= 15 is 0 Å². The van der Waals surface area contributed by atoms with Crippen LogP contribution in [0.15, 0.2) is 24.5 Å². The van der Waals surface area contributed by atoms with Gasteiger partial charge in [-0.05, 0) is 37.5 Å². The third kappa shape index (κ3) is 3.88. The Morgan fingerprint density at radius 2 is 1.84 bits per heavy atom. The van der Waals surface area contributed by atoms with E-state index in [1.807, 2.05) is 19.1 Å². The molecule has 0 N–H and O–H groups in total. The second-order valence-corrected chi connectivity index (χ2v) is 4.77. The number of hydrogen-bond donors (Lipinski definition) is 0. The highest BCUT2D eigenvalue weighted by molar-refractivity contribution is 5.84. The zero-order chi connectivity index (χ0) is 14.4. The fraction of sp³-hybridized carbons (Fsp3) is 0.533. The molecule has 0 aliphatic rings. The van der Waals surface area contributed by atoms with E-state index < -0.39 is 0 Å². The molecule has 0 spiro atoms. The first kappa shape index (κ1) is 15.3. The Hall–Kier alpha value is -1.71. The van der Waals surface area contributed by atoms with Crippen molar-refractivity contribution in [3.63, 3.8) is 0 Å². The molecule has 4 heteroatoms. The number of esters is 1. The van der Waals surface area contributed by atoms with Gasteiger partial charge in [0.05, 0.1) is 12.5 Å². The molecular weight excluding hydrogens is 242 g/mol. The van der Waals surface area contributed by atoms with Gasteiger partial charge in [-0.2, -0.15) is 0 Å². The van der Waals surface area contributed by atoms with Gasteiger partial charge in [-0.1, -0.05) is 13.8 Å². The third-order valence-corrected chi connectivity index (χ3v) is 3.48. The van der Waals surface area contributed by atoms with Gasteiger partial charge in [0, 0.05) is 18.3 Å². The predicted molar refractivity (Wildman–Crippen MR) is 72.6 cm³/mol. The number of rotatable bonds is 6. The molecular formula is C15H21NO3. The summed E-state index contributed by atoms with van der Waals surface area (Å²) in [5, 5.41) is 0. The van der Waals surface area contributed by atoms with Crippen molar-refractivity contribution in [2.75, 3.05) is 6.61 Å². The lowest BCUT2D eigenvalue weighted by atomic mass is 9.78. The molecule has 104 valence electrons. The molecule has 0 bridgehead atoms. The van der Waals surface area contributed by atoms with Gasteiger partial charge in [0.15, 0.2) is 0 Å². The number of pyridine rings is 1. The summed E-state index contributed by atoms with van der Waals surface area (Å²) in [7, 11) is 0. The van der Waals surface area contributed by atoms with E-state index in [1.165, 1.54) is 0 Å². The van der Waals surface area contributed by atoms with Gasteiger partial charge in [-0.15, -0.1) is 0 Å². The number of ether oxygens (including phenoxy) is 1. The Bertz CT molecular complexity index is 430. The van der Waals surface area contributed by atoms with Crippen LogP contribution >= 0.6 is 0 Å². The lowest BCUT2D eigenvalue weighted by molar-refractivity contribution is -0.149.